The summed E-state index contributed by atoms with van der Waals surface area (Å²) in [6.45, 7) is 0.813. The summed E-state index contributed by atoms with van der Waals surface area (Å²) in [4.78, 5) is 15.7. The molecule has 0 radical (unpaired) electrons. The molecule has 0 aromatic carbocycles. The zero-order chi connectivity index (χ0) is 7.40. The lowest BCUT2D eigenvalue weighted by Crippen LogP contribution is -2.37. The second kappa shape index (κ2) is 3.53. The van der Waals surface area contributed by atoms with Gasteiger partial charge in [0.1, 0.15) is 0 Å². The molecule has 0 spiro atoms. The number of methoxy groups -OCH3 is 1. The minimum absolute atomic E-state index is 0.299. The summed E-state index contributed by atoms with van der Waals surface area (Å²) in [7, 11) is 1.36. The number of hydroxylamine groups is 1. The molecule has 1 unspecified atom stereocenters. The Hall–Kier alpha value is -0.610. The third-order valence-corrected chi connectivity index (χ3v) is 1.43. The molecule has 0 aromatic heterocycles. The van der Waals surface area contributed by atoms with E-state index in [4.69, 9.17) is 4.84 Å². The predicted molar refractivity (Wildman–Crippen MR) is 34.1 cm³/mol. The van der Waals surface area contributed by atoms with Gasteiger partial charge in [-0.1, -0.05) is 0 Å². The summed E-state index contributed by atoms with van der Waals surface area (Å²) < 4.78 is 4.49. The van der Waals surface area contributed by atoms with Gasteiger partial charge in [-0.2, -0.15) is 0 Å². The van der Waals surface area contributed by atoms with Crippen molar-refractivity contribution in [2.45, 2.75) is 18.9 Å². The third kappa shape index (κ3) is 1.68. The number of nitrogens with one attached hydrogen (secondary N) is 1. The van der Waals surface area contributed by atoms with Crippen LogP contribution in [-0.4, -0.2) is 25.7 Å². The lowest BCUT2D eigenvalue weighted by molar-refractivity contribution is -0.163. The quantitative estimate of drug-likeness (QED) is 0.521. The van der Waals surface area contributed by atoms with Crippen molar-refractivity contribution < 1.29 is 14.4 Å². The Kier molecular flexibility index (Phi) is 2.65. The molecule has 1 aliphatic heterocycles. The Morgan fingerprint density at radius 2 is 2.60 bits per heavy atom. The fourth-order valence-electron chi connectivity index (χ4n) is 0.875. The first-order chi connectivity index (χ1) is 4.84. The van der Waals surface area contributed by atoms with Crippen LogP contribution in [0.15, 0.2) is 0 Å². The van der Waals surface area contributed by atoms with Crippen molar-refractivity contribution in [1.82, 2.24) is 5.48 Å². The Morgan fingerprint density at radius 1 is 1.80 bits per heavy atom. The minimum atomic E-state index is -0.404. The highest BCUT2D eigenvalue weighted by molar-refractivity contribution is 5.74. The SMILES string of the molecule is COC(=O)C1CCCNO1. The number of carbonyl (C=O) groups excluding carboxylic acids is 1. The number of hydrogen-bond acceptors (Lipinski definition) is 4. The highest BCUT2D eigenvalue weighted by Crippen LogP contribution is 2.06. The van der Waals surface area contributed by atoms with Gasteiger partial charge in [0.25, 0.3) is 0 Å². The number of rotatable bonds is 1. The van der Waals surface area contributed by atoms with E-state index in [0.29, 0.717) is 0 Å². The molecular formula is C6H11NO3. The minimum Gasteiger partial charge on any atom is -0.467 e. The normalized spacial score (nSPS) is 25.9. The van der Waals surface area contributed by atoms with E-state index in [-0.39, 0.29) is 5.97 Å². The molecule has 58 valence electrons. The van der Waals surface area contributed by atoms with E-state index in [2.05, 4.69) is 10.2 Å². The molecule has 0 saturated carbocycles. The molecule has 1 atom stereocenters. The number of hydrogen-bond donors (Lipinski definition) is 1. The number of esters is 1. The number of carbonyl (C=O) groups is 1. The van der Waals surface area contributed by atoms with Crippen LogP contribution in [-0.2, 0) is 14.4 Å². The van der Waals surface area contributed by atoms with Crippen molar-refractivity contribution >= 4 is 5.97 Å². The first-order valence-corrected chi connectivity index (χ1v) is 3.31. The maximum atomic E-state index is 10.8. The summed E-state index contributed by atoms with van der Waals surface area (Å²) in [6, 6.07) is 0. The Morgan fingerprint density at radius 3 is 3.10 bits per heavy atom. The van der Waals surface area contributed by atoms with E-state index in [0.717, 1.165) is 19.4 Å². The van der Waals surface area contributed by atoms with Crippen LogP contribution in [0.25, 0.3) is 0 Å². The summed E-state index contributed by atoms with van der Waals surface area (Å²) >= 11 is 0. The van der Waals surface area contributed by atoms with Crippen LogP contribution < -0.4 is 5.48 Å². The van der Waals surface area contributed by atoms with Crippen molar-refractivity contribution in [2.24, 2.45) is 0 Å². The average molecular weight is 145 g/mol. The fourth-order valence-corrected chi connectivity index (χ4v) is 0.875. The molecule has 1 heterocycles. The van der Waals surface area contributed by atoms with Gasteiger partial charge in [-0.25, -0.2) is 10.3 Å². The maximum Gasteiger partial charge on any atom is 0.337 e. The van der Waals surface area contributed by atoms with Gasteiger partial charge in [0, 0.05) is 6.54 Å². The van der Waals surface area contributed by atoms with Crippen LogP contribution >= 0.6 is 0 Å². The highest BCUT2D eigenvalue weighted by Gasteiger charge is 2.22. The van der Waals surface area contributed by atoms with Gasteiger partial charge in [0.15, 0.2) is 6.10 Å². The van der Waals surface area contributed by atoms with E-state index in [1.807, 2.05) is 0 Å². The Bertz CT molecular complexity index is 120. The fraction of sp³-hybridized carbons (Fsp3) is 0.833. The van der Waals surface area contributed by atoms with Crippen molar-refractivity contribution in [3.8, 4) is 0 Å². The molecule has 10 heavy (non-hydrogen) atoms. The maximum absolute atomic E-state index is 10.8. The van der Waals surface area contributed by atoms with E-state index in [1.165, 1.54) is 7.11 Å². The zero-order valence-corrected chi connectivity index (χ0v) is 5.92. The smallest absolute Gasteiger partial charge is 0.337 e. The summed E-state index contributed by atoms with van der Waals surface area (Å²) in [6.07, 6.45) is 1.30. The summed E-state index contributed by atoms with van der Waals surface area (Å²) in [5, 5.41) is 0. The molecule has 1 fully saturated rings. The second-order valence-corrected chi connectivity index (χ2v) is 2.17. The molecule has 1 N–H and O–H groups in total. The van der Waals surface area contributed by atoms with Crippen LogP contribution in [0.3, 0.4) is 0 Å². The van der Waals surface area contributed by atoms with Crippen molar-refractivity contribution in [1.29, 1.82) is 0 Å². The summed E-state index contributed by atoms with van der Waals surface area (Å²) in [5.74, 6) is -0.299. The lowest BCUT2D eigenvalue weighted by atomic mass is 10.2. The van der Waals surface area contributed by atoms with E-state index in [1.54, 1.807) is 0 Å². The van der Waals surface area contributed by atoms with Crippen molar-refractivity contribution in [3.63, 3.8) is 0 Å². The number of ether oxygens (including phenoxy) is 1. The molecule has 0 amide bonds. The zero-order valence-electron chi connectivity index (χ0n) is 5.92. The largest absolute Gasteiger partial charge is 0.467 e. The molecule has 4 heteroatoms. The van der Waals surface area contributed by atoms with Crippen molar-refractivity contribution in [2.75, 3.05) is 13.7 Å². The van der Waals surface area contributed by atoms with Crippen LogP contribution in [0.4, 0.5) is 0 Å². The lowest BCUT2D eigenvalue weighted by Gasteiger charge is -2.19. The Labute approximate surface area is 59.5 Å². The van der Waals surface area contributed by atoms with E-state index in [9.17, 15) is 4.79 Å². The Balaban J connectivity index is 2.31. The van der Waals surface area contributed by atoms with Crippen molar-refractivity contribution in [3.05, 3.63) is 0 Å². The van der Waals surface area contributed by atoms with E-state index >= 15 is 0 Å². The molecule has 1 saturated heterocycles. The molecule has 0 aliphatic carbocycles. The van der Waals surface area contributed by atoms with Gasteiger partial charge in [-0.05, 0) is 12.8 Å². The molecule has 0 aromatic rings. The first kappa shape index (κ1) is 7.50. The molecule has 4 nitrogen and oxygen atoms in total. The van der Waals surface area contributed by atoms with Crippen LogP contribution in [0.2, 0.25) is 0 Å². The van der Waals surface area contributed by atoms with Crippen LogP contribution in [0.1, 0.15) is 12.8 Å². The van der Waals surface area contributed by atoms with Gasteiger partial charge in [0.2, 0.25) is 0 Å². The predicted octanol–water partition coefficient (Wildman–Crippen LogP) is -0.157. The first-order valence-electron chi connectivity index (χ1n) is 3.31. The topological polar surface area (TPSA) is 47.6 Å². The third-order valence-electron chi connectivity index (χ3n) is 1.43. The van der Waals surface area contributed by atoms with Gasteiger partial charge in [-0.15, -0.1) is 0 Å². The van der Waals surface area contributed by atoms with Gasteiger partial charge in [-0.3, -0.25) is 4.84 Å². The molecule has 0 bridgehead atoms. The van der Waals surface area contributed by atoms with Gasteiger partial charge in [0.05, 0.1) is 7.11 Å². The van der Waals surface area contributed by atoms with Gasteiger partial charge < -0.3 is 4.74 Å². The standard InChI is InChI=1S/C6H11NO3/c1-9-6(8)5-3-2-4-7-10-5/h5,7H,2-4H2,1H3. The summed E-state index contributed by atoms with van der Waals surface area (Å²) in [5.41, 5.74) is 2.65. The molecule has 1 rings (SSSR count). The van der Waals surface area contributed by atoms with Crippen LogP contribution in [0.5, 0.6) is 0 Å². The van der Waals surface area contributed by atoms with E-state index < -0.39 is 6.10 Å². The van der Waals surface area contributed by atoms with Gasteiger partial charge >= 0.3 is 5.97 Å². The van der Waals surface area contributed by atoms with Crippen LogP contribution in [0, 0.1) is 0 Å². The monoisotopic (exact) mass is 145 g/mol. The average Bonchev–Trinajstić information content (AvgIpc) is 2.05. The molecule has 1 aliphatic rings. The molecular weight excluding hydrogens is 134 g/mol. The highest BCUT2D eigenvalue weighted by atomic mass is 16.7. The second-order valence-electron chi connectivity index (χ2n) is 2.17.